The molecule has 0 spiro atoms. The lowest BCUT2D eigenvalue weighted by molar-refractivity contribution is -0.112. The Morgan fingerprint density at radius 1 is 1.27 bits per heavy atom. The fourth-order valence-corrected chi connectivity index (χ4v) is 5.05. The number of unbranched alkanes of at least 4 members (excludes halogenated alkanes) is 2. The van der Waals surface area contributed by atoms with E-state index in [0.717, 1.165) is 49.5 Å². The van der Waals surface area contributed by atoms with E-state index in [2.05, 4.69) is 52.0 Å². The highest BCUT2D eigenvalue weighted by atomic mass is 19.1. The lowest BCUT2D eigenvalue weighted by Gasteiger charge is -2.24. The van der Waals surface area contributed by atoms with Gasteiger partial charge in [0.15, 0.2) is 23.2 Å². The number of ether oxygens (including phenoxy) is 2. The molecule has 264 valence electrons. The molecule has 4 heterocycles. The summed E-state index contributed by atoms with van der Waals surface area (Å²) >= 11 is 0. The molecule has 11 nitrogen and oxygen atoms in total. The van der Waals surface area contributed by atoms with E-state index in [9.17, 15) is 4.79 Å². The van der Waals surface area contributed by atoms with Crippen LogP contribution in [0, 0.1) is 31.5 Å². The molecule has 0 saturated heterocycles. The number of aryl methyl sites for hydroxylation is 1. The zero-order valence-corrected chi connectivity index (χ0v) is 30.0. The zero-order valence-electron chi connectivity index (χ0n) is 30.0. The van der Waals surface area contributed by atoms with Crippen LogP contribution < -0.4 is 25.4 Å². The molecule has 1 unspecified atom stereocenters. The van der Waals surface area contributed by atoms with E-state index in [0.29, 0.717) is 47.4 Å². The van der Waals surface area contributed by atoms with Crippen molar-refractivity contribution in [3.63, 3.8) is 0 Å². The predicted molar refractivity (Wildman–Crippen MR) is 205 cm³/mol. The second-order valence-corrected chi connectivity index (χ2v) is 12.2. The maximum Gasteiger partial charge on any atom is 0.172 e. The number of allylic oxidation sites excluding steroid dienone is 2. The van der Waals surface area contributed by atoms with Crippen LogP contribution in [0.2, 0.25) is 0 Å². The molecular formula is C37H45B2FN8O3. The standard InChI is InChI=1S/C30H36FN7O2.C5H7B2NO.C2H2/c1-5-7-8-11-37-17-20(3)18-39-27-16-25-28(36-30(27)37)29(33-19-32-25)35-24-14-21(4)26(15-23(24)31)40-22-9-12-38(13-10-22)34-6-2;1-4(9)2-3-5(6,7)8;1-2/h6,9-10,12,14-16,19-20H,5,7-8,11,13,17-18H2,1-4H3,(H,32,33,35);2-3H,8H2,1H3;1-2H/b34-6-;3-2+;. The summed E-state index contributed by atoms with van der Waals surface area (Å²) in [6.45, 7) is 12.5. The molecule has 5 rings (SSSR count). The normalized spacial score (nSPS) is 15.5. The van der Waals surface area contributed by atoms with E-state index in [1.807, 2.05) is 32.2 Å². The van der Waals surface area contributed by atoms with Gasteiger partial charge in [-0.1, -0.05) is 32.8 Å². The van der Waals surface area contributed by atoms with Crippen LogP contribution in [-0.2, 0) is 4.79 Å². The first-order valence-corrected chi connectivity index (χ1v) is 16.7. The van der Waals surface area contributed by atoms with Gasteiger partial charge in [0, 0.05) is 43.6 Å². The number of hydrogen-bond acceptors (Lipinski definition) is 11. The first kappa shape index (κ1) is 40.3. The average molecular weight is 690 g/mol. The summed E-state index contributed by atoms with van der Waals surface area (Å²) in [5, 5.41) is 7.77. The number of aromatic nitrogens is 3. The number of rotatable bonds is 11. The van der Waals surface area contributed by atoms with Crippen molar-refractivity contribution in [3.05, 3.63) is 72.2 Å². The smallest absolute Gasteiger partial charge is 0.172 e. The maximum atomic E-state index is 15.3. The van der Waals surface area contributed by atoms with Gasteiger partial charge in [0.1, 0.15) is 29.2 Å². The molecule has 3 N–H and O–H groups in total. The number of nitrogens with zero attached hydrogens (tertiary/aromatic N) is 6. The summed E-state index contributed by atoms with van der Waals surface area (Å²) in [4.78, 5) is 26.3. The minimum Gasteiger partial charge on any atom is -0.489 e. The Morgan fingerprint density at radius 2 is 2.04 bits per heavy atom. The first-order chi connectivity index (χ1) is 24.4. The van der Waals surface area contributed by atoms with Gasteiger partial charge in [-0.15, -0.1) is 12.8 Å². The minimum atomic E-state index is -1.37. The van der Waals surface area contributed by atoms with Crippen LogP contribution in [-0.4, -0.2) is 79.2 Å². The summed E-state index contributed by atoms with van der Waals surface area (Å²) in [6, 6.07) is 5.01. The molecule has 0 amide bonds. The summed E-state index contributed by atoms with van der Waals surface area (Å²) in [5.74, 6) is 2.79. The number of carbonyl (C=O) groups excluding carboxylic acids is 1. The van der Waals surface area contributed by atoms with Gasteiger partial charge >= 0.3 is 0 Å². The van der Waals surface area contributed by atoms with Crippen LogP contribution in [0.5, 0.6) is 11.5 Å². The van der Waals surface area contributed by atoms with Gasteiger partial charge in [0.25, 0.3) is 0 Å². The molecule has 2 aromatic heterocycles. The van der Waals surface area contributed by atoms with Crippen LogP contribution in [0.4, 0.5) is 21.7 Å². The maximum absolute atomic E-state index is 15.3. The van der Waals surface area contributed by atoms with Gasteiger partial charge in [0.05, 0.1) is 40.0 Å². The van der Waals surface area contributed by atoms with Gasteiger partial charge in [0.2, 0.25) is 0 Å². The third-order valence-corrected chi connectivity index (χ3v) is 7.45. The van der Waals surface area contributed by atoms with Gasteiger partial charge in [-0.3, -0.25) is 9.80 Å². The Labute approximate surface area is 303 Å². The second kappa shape index (κ2) is 19.3. The van der Waals surface area contributed by atoms with Crippen molar-refractivity contribution in [3.8, 4) is 24.3 Å². The van der Waals surface area contributed by atoms with Crippen molar-refractivity contribution in [2.45, 2.75) is 59.2 Å². The molecule has 1 atom stereocenters. The third kappa shape index (κ3) is 12.3. The Kier molecular flexibility index (Phi) is 15.2. The van der Waals surface area contributed by atoms with E-state index in [1.165, 1.54) is 31.5 Å². The fourth-order valence-electron chi connectivity index (χ4n) is 5.05. The number of carbonyl (C=O) groups is 1. The summed E-state index contributed by atoms with van der Waals surface area (Å²) in [5.41, 5.74) is 7.35. The number of nitrogens with two attached hydrogens (primary N) is 1. The molecule has 2 aliphatic heterocycles. The molecule has 4 radical (unpaired) electrons. The fraction of sp³-hybridized carbons (Fsp3) is 0.378. The van der Waals surface area contributed by atoms with Crippen molar-refractivity contribution in [1.29, 1.82) is 0 Å². The van der Waals surface area contributed by atoms with Gasteiger partial charge in [-0.2, -0.15) is 5.10 Å². The van der Waals surface area contributed by atoms with E-state index >= 15 is 4.39 Å². The number of terminal acetylenes is 1. The number of fused-ring (bicyclic) bond motifs is 2. The van der Waals surface area contributed by atoms with E-state index < -0.39 is 11.2 Å². The molecule has 0 bridgehead atoms. The van der Waals surface area contributed by atoms with E-state index in [4.69, 9.17) is 35.9 Å². The second-order valence-electron chi connectivity index (χ2n) is 12.2. The van der Waals surface area contributed by atoms with Crippen LogP contribution in [0.1, 0.15) is 52.5 Å². The lowest BCUT2D eigenvalue weighted by atomic mass is 9.63. The van der Waals surface area contributed by atoms with Crippen molar-refractivity contribution >= 4 is 56.0 Å². The molecular weight excluding hydrogens is 645 g/mol. The molecule has 51 heavy (non-hydrogen) atoms. The van der Waals surface area contributed by atoms with Crippen molar-refractivity contribution < 1.29 is 18.7 Å². The minimum absolute atomic E-state index is 0.124. The number of hydrogen-bond donors (Lipinski definition) is 2. The quantitative estimate of drug-likeness (QED) is 0.0854. The summed E-state index contributed by atoms with van der Waals surface area (Å²) in [6.07, 6.45) is 22.6. The molecule has 0 aliphatic carbocycles. The molecule has 2 aliphatic rings. The summed E-state index contributed by atoms with van der Waals surface area (Å²) < 4.78 is 27.4. The number of hydrazone groups is 1. The van der Waals surface area contributed by atoms with Crippen molar-refractivity contribution in [1.82, 2.24) is 20.0 Å². The third-order valence-electron chi connectivity index (χ3n) is 7.45. The highest BCUT2D eigenvalue weighted by molar-refractivity contribution is 6.41. The number of anilines is 3. The number of benzene rings is 1. The highest BCUT2D eigenvalue weighted by Crippen LogP contribution is 2.36. The van der Waals surface area contributed by atoms with Crippen LogP contribution in [0.25, 0.3) is 11.0 Å². The van der Waals surface area contributed by atoms with Crippen molar-refractivity contribution in [2.75, 3.05) is 36.5 Å². The largest absolute Gasteiger partial charge is 0.489 e. The topological polar surface area (TPSA) is 131 Å². The number of halogens is 1. The van der Waals surface area contributed by atoms with Crippen LogP contribution in [0.15, 0.2) is 65.9 Å². The van der Waals surface area contributed by atoms with Gasteiger partial charge in [-0.05, 0) is 62.4 Å². The van der Waals surface area contributed by atoms with Gasteiger partial charge < -0.3 is 25.4 Å². The number of pyridine rings is 1. The van der Waals surface area contributed by atoms with E-state index in [-0.39, 0.29) is 11.5 Å². The Bertz CT molecular complexity index is 1790. The van der Waals surface area contributed by atoms with Crippen LogP contribution >= 0.6 is 0 Å². The van der Waals surface area contributed by atoms with E-state index in [1.54, 1.807) is 23.4 Å². The molecule has 1 aromatic carbocycles. The molecule has 0 saturated carbocycles. The molecule has 3 aromatic rings. The SMILES string of the molecule is C#C.C/C=N\N1C=CC(Oc2cc(F)c(Nc3ncnc4cc5c(nc34)N(CCCCC)CC(C)CO5)cc2C)=CC1.[B]C([B])(N)/C=C/C(C)=O. The average Bonchev–Trinajstić information content (AvgIpc) is 3.25. The van der Waals surface area contributed by atoms with Crippen LogP contribution in [0.3, 0.4) is 0 Å². The molecule has 0 fully saturated rings. The lowest BCUT2D eigenvalue weighted by Crippen LogP contribution is -2.38. The van der Waals surface area contributed by atoms with Gasteiger partial charge in [-0.25, -0.2) is 19.3 Å². The Morgan fingerprint density at radius 3 is 2.67 bits per heavy atom. The predicted octanol–water partition coefficient (Wildman–Crippen LogP) is 5.67. The zero-order chi connectivity index (χ0) is 37.6. The Balaban J connectivity index is 0.000000558. The molecule has 14 heteroatoms. The first-order valence-electron chi connectivity index (χ1n) is 16.7. The number of ketones is 1. The van der Waals surface area contributed by atoms with Crippen molar-refractivity contribution in [2.24, 2.45) is 16.8 Å². The Hall–Kier alpha value is -5.15. The summed E-state index contributed by atoms with van der Waals surface area (Å²) in [7, 11) is 10.2. The number of nitrogens with one attached hydrogen (secondary N) is 1. The monoisotopic (exact) mass is 690 g/mol. The highest BCUT2D eigenvalue weighted by Gasteiger charge is 2.24.